The average molecular weight is 771 g/mol. The first kappa shape index (κ1) is 40.3. The second kappa shape index (κ2) is 15.4. The Morgan fingerprint density at radius 2 is 1.70 bits per heavy atom. The van der Waals surface area contributed by atoms with Crippen molar-refractivity contribution in [2.24, 2.45) is 28.6 Å². The van der Waals surface area contributed by atoms with E-state index in [2.05, 4.69) is 39.1 Å². The predicted molar refractivity (Wildman–Crippen MR) is 213 cm³/mol. The van der Waals surface area contributed by atoms with Gasteiger partial charge in [0.25, 0.3) is 0 Å². The molecular weight excluding hydrogens is 714 g/mol. The maximum Gasteiger partial charge on any atom is 0.416 e. The van der Waals surface area contributed by atoms with Gasteiger partial charge < -0.3 is 20.4 Å². The van der Waals surface area contributed by atoms with E-state index in [4.69, 9.17) is 0 Å². The number of fused-ring (bicyclic) bond motifs is 10. The van der Waals surface area contributed by atoms with E-state index in [9.17, 15) is 33.0 Å². The molecule has 0 spiro atoms. The van der Waals surface area contributed by atoms with E-state index in [-0.39, 0.29) is 29.5 Å². The first-order valence-corrected chi connectivity index (χ1v) is 20.5. The molecule has 9 heteroatoms. The fourth-order valence-corrected chi connectivity index (χ4v) is 10.9. The molecule has 6 aliphatic carbocycles. The lowest BCUT2D eigenvalue weighted by atomic mass is 9.45. The molecule has 4 bridgehead atoms. The number of urea groups is 1. The molecule has 3 aromatic carbocycles. The monoisotopic (exact) mass is 770 g/mol. The Morgan fingerprint density at radius 3 is 2.41 bits per heavy atom. The van der Waals surface area contributed by atoms with Crippen LogP contribution < -0.4 is 5.32 Å². The number of nitrogens with one attached hydrogen (secondary N) is 1. The molecule has 3 N–H and O–H groups in total. The van der Waals surface area contributed by atoms with Crippen molar-refractivity contribution in [3.63, 3.8) is 0 Å². The summed E-state index contributed by atoms with van der Waals surface area (Å²) in [4.78, 5) is 30.6. The Hall–Kier alpha value is -3.95. The molecule has 9 rings (SSSR count). The molecule has 3 aromatic rings. The van der Waals surface area contributed by atoms with E-state index in [1.165, 1.54) is 12.1 Å². The zero-order chi connectivity index (χ0) is 40.0. The quantitative estimate of drug-likeness (QED) is 0.165. The Labute approximate surface area is 329 Å². The summed E-state index contributed by atoms with van der Waals surface area (Å²) in [5.41, 5.74) is 0.614. The molecular formula is C47H57F3N2O4. The fourth-order valence-electron chi connectivity index (χ4n) is 10.9. The van der Waals surface area contributed by atoms with Gasteiger partial charge in [0.05, 0.1) is 23.8 Å². The number of anilines is 1. The Kier molecular flexibility index (Phi) is 11.1. The number of alkyl halides is 3. The van der Waals surface area contributed by atoms with Crippen LogP contribution in [0.3, 0.4) is 0 Å². The Morgan fingerprint density at radius 1 is 0.929 bits per heavy atom. The van der Waals surface area contributed by atoms with Gasteiger partial charge in [0.2, 0.25) is 0 Å². The van der Waals surface area contributed by atoms with Gasteiger partial charge in [0.15, 0.2) is 5.78 Å². The number of hydrogen-bond acceptors (Lipinski definition) is 4. The van der Waals surface area contributed by atoms with E-state index < -0.39 is 34.6 Å². The third-order valence-corrected chi connectivity index (χ3v) is 14.6. The summed E-state index contributed by atoms with van der Waals surface area (Å²) in [5, 5.41) is 27.3. The molecule has 4 saturated carbocycles. The van der Waals surface area contributed by atoms with Crippen LogP contribution in [0.5, 0.6) is 0 Å². The van der Waals surface area contributed by atoms with Crippen molar-refractivity contribution < 1.29 is 33.0 Å². The van der Waals surface area contributed by atoms with Crippen LogP contribution in [0.2, 0.25) is 0 Å². The molecule has 6 aliphatic rings. The summed E-state index contributed by atoms with van der Waals surface area (Å²) in [5.74, 6) is 0.648. The molecule has 4 fully saturated rings. The van der Waals surface area contributed by atoms with E-state index in [0.717, 1.165) is 42.5 Å². The number of carbonyl (C=O) groups is 2. The summed E-state index contributed by atoms with van der Waals surface area (Å²) in [6, 6.07) is 19.2. The number of aliphatic hydroxyl groups excluding tert-OH is 1. The zero-order valence-corrected chi connectivity index (χ0v) is 33.2. The van der Waals surface area contributed by atoms with Gasteiger partial charge in [0.1, 0.15) is 0 Å². The molecule has 300 valence electrons. The molecule has 6 nitrogen and oxygen atoms in total. The Balaban J connectivity index is 1.28. The van der Waals surface area contributed by atoms with Gasteiger partial charge in [-0.15, -0.1) is 0 Å². The smallest absolute Gasteiger partial charge is 0.393 e. The minimum atomic E-state index is -4.61. The van der Waals surface area contributed by atoms with Crippen molar-refractivity contribution in [3.8, 4) is 0 Å². The number of rotatable bonds is 7. The van der Waals surface area contributed by atoms with E-state index in [1.807, 2.05) is 47.4 Å². The molecule has 56 heavy (non-hydrogen) atoms. The first-order valence-electron chi connectivity index (χ1n) is 20.5. The summed E-state index contributed by atoms with van der Waals surface area (Å²) in [7, 11) is 0. The molecule has 2 amide bonds. The van der Waals surface area contributed by atoms with Gasteiger partial charge in [-0.2, -0.15) is 13.2 Å². The standard InChI is InChI=1S/C47H57F3N2O4/c1-30-10-9-22-45(4)40(38-20-16-31(24-37(53)19-15-30)25-39(38)42(54)32-11-8-12-35(26-32)47(48,49)50)21-23-46(45,56)29-52(43(55)51-36-13-6-5-7-14-36)28-33-17-18-34-27-41(33)44(34,2)3/h5-8,10-14,16,20,25-26,33-34,37,40-41,53,56H,9,15,17-19,21-24,27-29H2,1-4H3,(H,51,55)/t33-,34-,37-,40-,41-,45-,46+/m0/s1. The number of para-hydroxylation sites is 1. The third kappa shape index (κ3) is 7.83. The van der Waals surface area contributed by atoms with E-state index >= 15 is 0 Å². The van der Waals surface area contributed by atoms with Crippen LogP contribution in [0.15, 0.2) is 84.4 Å². The number of hydrogen-bond donors (Lipinski definition) is 3. The zero-order valence-electron chi connectivity index (χ0n) is 33.2. The van der Waals surface area contributed by atoms with Gasteiger partial charge in [-0.1, -0.05) is 74.9 Å². The van der Waals surface area contributed by atoms with Gasteiger partial charge >= 0.3 is 12.2 Å². The maximum atomic E-state index is 14.4. The molecule has 0 aliphatic heterocycles. The average Bonchev–Trinajstić information content (AvgIpc) is 3.41. The highest BCUT2D eigenvalue weighted by Gasteiger charge is 2.59. The molecule has 0 saturated heterocycles. The maximum absolute atomic E-state index is 14.4. The van der Waals surface area contributed by atoms with Crippen molar-refractivity contribution in [1.29, 1.82) is 0 Å². The van der Waals surface area contributed by atoms with Crippen molar-refractivity contribution in [2.75, 3.05) is 18.4 Å². The van der Waals surface area contributed by atoms with Crippen LogP contribution in [0.1, 0.15) is 124 Å². The highest BCUT2D eigenvalue weighted by Crippen LogP contribution is 2.62. The second-order valence-electron chi connectivity index (χ2n) is 18.2. The van der Waals surface area contributed by atoms with Gasteiger partial charge in [-0.25, -0.2) is 4.79 Å². The minimum absolute atomic E-state index is 0.0641. The van der Waals surface area contributed by atoms with Crippen molar-refractivity contribution in [1.82, 2.24) is 4.90 Å². The number of aliphatic hydroxyl groups is 2. The van der Waals surface area contributed by atoms with Gasteiger partial charge in [-0.05, 0) is 142 Å². The summed E-state index contributed by atoms with van der Waals surface area (Å²) in [6.07, 6.45) is 3.86. The lowest BCUT2D eigenvalue weighted by Crippen LogP contribution is -2.58. The fraction of sp³-hybridized carbons (Fsp3) is 0.532. The SMILES string of the molecule is CC1=CCC[C@@]2(C)[C@@H](CC[C@@]2(O)CN(C[C@@H]2CC[C@H]3C[C@@H]2C3(C)C)C(=O)Nc2ccccc2)c2ccc(cc2C(=O)c2cccc(C(F)(F)F)c2)C[C@@H](O)CC1. The van der Waals surface area contributed by atoms with E-state index in [1.54, 1.807) is 6.07 Å². The third-order valence-electron chi connectivity index (χ3n) is 14.6. The Bertz CT molecular complexity index is 1960. The van der Waals surface area contributed by atoms with Crippen LogP contribution in [0.25, 0.3) is 0 Å². The highest BCUT2D eigenvalue weighted by atomic mass is 19.4. The van der Waals surface area contributed by atoms with Gasteiger partial charge in [0, 0.05) is 28.8 Å². The molecule has 0 unspecified atom stereocenters. The molecule has 0 radical (unpaired) electrons. The second-order valence-corrected chi connectivity index (χ2v) is 18.2. The molecule has 7 atom stereocenters. The van der Waals surface area contributed by atoms with Crippen molar-refractivity contribution >= 4 is 17.5 Å². The molecule has 0 heterocycles. The topological polar surface area (TPSA) is 89.9 Å². The van der Waals surface area contributed by atoms with Crippen molar-refractivity contribution in [2.45, 2.75) is 116 Å². The number of allylic oxidation sites excluding steroid dienone is 2. The van der Waals surface area contributed by atoms with E-state index in [0.29, 0.717) is 86.1 Å². The predicted octanol–water partition coefficient (Wildman–Crippen LogP) is 10.6. The van der Waals surface area contributed by atoms with Crippen LogP contribution in [-0.4, -0.2) is 51.7 Å². The number of benzene rings is 3. The highest BCUT2D eigenvalue weighted by molar-refractivity contribution is 6.10. The van der Waals surface area contributed by atoms with Crippen LogP contribution in [0, 0.1) is 28.6 Å². The molecule has 0 aromatic heterocycles. The summed E-state index contributed by atoms with van der Waals surface area (Å²) in [6.45, 7) is 9.46. The number of carbonyl (C=O) groups excluding carboxylic acids is 2. The number of halogens is 3. The number of nitrogens with zero attached hydrogens (tertiary/aromatic N) is 1. The number of amides is 2. The summed E-state index contributed by atoms with van der Waals surface area (Å²) < 4.78 is 41.5. The van der Waals surface area contributed by atoms with Crippen LogP contribution in [-0.2, 0) is 12.6 Å². The lowest BCUT2D eigenvalue weighted by molar-refractivity contribution is -0.137. The van der Waals surface area contributed by atoms with Crippen molar-refractivity contribution in [3.05, 3.63) is 112 Å². The largest absolute Gasteiger partial charge is 0.416 e. The first-order chi connectivity index (χ1) is 26.5. The lowest BCUT2D eigenvalue weighted by Gasteiger charge is -2.60. The van der Waals surface area contributed by atoms with Gasteiger partial charge in [-0.3, -0.25) is 4.79 Å². The van der Waals surface area contributed by atoms with Crippen LogP contribution >= 0.6 is 0 Å². The minimum Gasteiger partial charge on any atom is -0.393 e. The van der Waals surface area contributed by atoms with Crippen LogP contribution in [0.4, 0.5) is 23.7 Å². The normalized spacial score (nSPS) is 30.0. The number of ketones is 1. The summed E-state index contributed by atoms with van der Waals surface area (Å²) >= 11 is 0.